The molecule has 2 fully saturated rings. The van der Waals surface area contributed by atoms with Crippen molar-refractivity contribution in [1.82, 2.24) is 45.2 Å². The van der Waals surface area contributed by atoms with E-state index in [9.17, 15) is 0 Å². The van der Waals surface area contributed by atoms with Crippen molar-refractivity contribution in [1.29, 1.82) is 0 Å². The highest BCUT2D eigenvalue weighted by Crippen LogP contribution is 2.34. The Hall–Kier alpha value is -4.05. The van der Waals surface area contributed by atoms with Gasteiger partial charge in [0.1, 0.15) is 21.0 Å². The monoisotopic (exact) mass is 804 g/mol. The molecule has 53 heavy (non-hydrogen) atoms. The predicted molar refractivity (Wildman–Crippen MR) is 213 cm³/mol. The van der Waals surface area contributed by atoms with E-state index in [2.05, 4.69) is 55.7 Å². The standard InChI is InChI=1S/C18H17ClN6S.C10H14N4.C8H4Cl2N2S/c19-14-9-21-16(7-13(14)17-20-4-6-26-17)25-5-3-15-11(10-25)8-22-18(24-15)23-12-1-2-12;1-2-8(1)13-10-12-6-7-5-11-4-3-9(7)14-10;9-6-4-12-7(10)3-5(6)8-11-1-2-13-8/h4,6-9,12H,1-3,5,10H2,(H,22,23,24);6,8,11H,1-5H2,(H,12,13,14);1-4H. The van der Waals surface area contributed by atoms with E-state index in [4.69, 9.17) is 39.8 Å². The van der Waals surface area contributed by atoms with Gasteiger partial charge in [-0.15, -0.1) is 22.7 Å². The van der Waals surface area contributed by atoms with E-state index in [-0.39, 0.29) is 0 Å². The van der Waals surface area contributed by atoms with Gasteiger partial charge >= 0.3 is 0 Å². The molecule has 0 saturated heterocycles. The third kappa shape index (κ3) is 9.37. The molecule has 0 atom stereocenters. The van der Waals surface area contributed by atoms with Gasteiger partial charge in [0.25, 0.3) is 0 Å². The summed E-state index contributed by atoms with van der Waals surface area (Å²) in [5, 5.41) is 17.2. The van der Waals surface area contributed by atoms with Gasteiger partial charge in [0.05, 0.1) is 21.4 Å². The molecule has 2 saturated carbocycles. The second-order valence-corrected chi connectivity index (χ2v) is 15.9. The Bertz CT molecular complexity index is 2160. The lowest BCUT2D eigenvalue weighted by molar-refractivity contribution is 0.626. The zero-order valence-corrected chi connectivity index (χ0v) is 32.4. The van der Waals surface area contributed by atoms with E-state index >= 15 is 0 Å². The van der Waals surface area contributed by atoms with Crippen LogP contribution in [0.2, 0.25) is 15.2 Å². The SMILES string of the molecule is Clc1cc(-c2nccs2)c(Cl)cn1.Clc1cnc(N2CCc3nc(NC4CC4)ncc3C2)cc1-c1nccs1.c1nc(NC2CC2)nc2c1CNCC2. The number of fused-ring (bicyclic) bond motifs is 2. The molecular formula is C36H35Cl3N12S2. The molecule has 12 nitrogen and oxygen atoms in total. The number of rotatable bonds is 7. The van der Waals surface area contributed by atoms with Gasteiger partial charge in [-0.25, -0.2) is 39.9 Å². The quantitative estimate of drug-likeness (QED) is 0.135. The molecule has 2 aliphatic heterocycles. The van der Waals surface area contributed by atoms with Crippen LogP contribution in [0.3, 0.4) is 0 Å². The Morgan fingerprint density at radius 1 is 0.679 bits per heavy atom. The first-order valence-corrected chi connectivity index (χ1v) is 20.3. The summed E-state index contributed by atoms with van der Waals surface area (Å²) in [6.45, 7) is 3.58. The third-order valence-electron chi connectivity index (χ3n) is 8.88. The summed E-state index contributed by atoms with van der Waals surface area (Å²) < 4.78 is 0. The minimum Gasteiger partial charge on any atom is -0.352 e. The van der Waals surface area contributed by atoms with Crippen LogP contribution in [0.4, 0.5) is 17.7 Å². The average Bonchev–Trinajstić information content (AvgIpc) is 4.05. The first-order chi connectivity index (χ1) is 25.9. The van der Waals surface area contributed by atoms with Crippen LogP contribution in [0.1, 0.15) is 48.2 Å². The second kappa shape index (κ2) is 16.5. The maximum Gasteiger partial charge on any atom is 0.223 e. The number of anilines is 3. The van der Waals surface area contributed by atoms with Crippen molar-refractivity contribution in [3.05, 3.63) is 97.8 Å². The molecule has 0 aromatic carbocycles. The summed E-state index contributed by atoms with van der Waals surface area (Å²) in [6.07, 6.45) is 17.5. The Kier molecular flexibility index (Phi) is 11.2. The summed E-state index contributed by atoms with van der Waals surface area (Å²) in [7, 11) is 0. The van der Waals surface area contributed by atoms with Gasteiger partial charge in [-0.1, -0.05) is 34.8 Å². The fourth-order valence-corrected chi connectivity index (χ4v) is 7.75. The topological polar surface area (TPSA) is 142 Å². The third-order valence-corrected chi connectivity index (χ3v) is 11.3. The van der Waals surface area contributed by atoms with Crippen LogP contribution < -0.4 is 20.9 Å². The minimum atomic E-state index is 0.426. The number of hydrogen-bond acceptors (Lipinski definition) is 14. The normalized spacial score (nSPS) is 15.9. The van der Waals surface area contributed by atoms with Gasteiger partial charge in [-0.3, -0.25) is 0 Å². The van der Waals surface area contributed by atoms with E-state index in [0.717, 1.165) is 89.1 Å². The largest absolute Gasteiger partial charge is 0.352 e. The summed E-state index contributed by atoms with van der Waals surface area (Å²) in [6, 6.07) is 4.93. The van der Waals surface area contributed by atoms with Crippen molar-refractivity contribution in [2.45, 2.75) is 63.7 Å². The molecular weight excluding hydrogens is 771 g/mol. The molecule has 3 N–H and O–H groups in total. The van der Waals surface area contributed by atoms with Crippen LogP contribution in [0.25, 0.3) is 21.1 Å². The Morgan fingerprint density at radius 2 is 1.28 bits per heavy atom. The highest BCUT2D eigenvalue weighted by Gasteiger charge is 2.25. The minimum absolute atomic E-state index is 0.426. The molecule has 2 aliphatic carbocycles. The lowest BCUT2D eigenvalue weighted by atomic mass is 10.1. The fourth-order valence-electron chi connectivity index (χ4n) is 5.76. The molecule has 6 aromatic rings. The smallest absolute Gasteiger partial charge is 0.223 e. The van der Waals surface area contributed by atoms with Crippen LogP contribution in [0.15, 0.2) is 60.1 Å². The number of aromatic nitrogens is 8. The summed E-state index contributed by atoms with van der Waals surface area (Å²) >= 11 is 21.1. The first-order valence-electron chi connectivity index (χ1n) is 17.4. The second-order valence-electron chi connectivity index (χ2n) is 13.0. The Labute approximate surface area is 329 Å². The molecule has 0 unspecified atom stereocenters. The summed E-state index contributed by atoms with van der Waals surface area (Å²) in [4.78, 5) is 37.1. The van der Waals surface area contributed by atoms with Crippen molar-refractivity contribution < 1.29 is 0 Å². The van der Waals surface area contributed by atoms with Crippen molar-refractivity contribution in [2.75, 3.05) is 28.6 Å². The molecule has 8 heterocycles. The molecule has 272 valence electrons. The average molecular weight is 806 g/mol. The van der Waals surface area contributed by atoms with Gasteiger partial charge in [0.2, 0.25) is 11.9 Å². The van der Waals surface area contributed by atoms with Gasteiger partial charge in [-0.05, 0) is 37.8 Å². The van der Waals surface area contributed by atoms with Crippen molar-refractivity contribution in [3.8, 4) is 21.1 Å². The lowest BCUT2D eigenvalue weighted by Crippen LogP contribution is -2.32. The number of pyridine rings is 2. The van der Waals surface area contributed by atoms with Crippen molar-refractivity contribution in [3.63, 3.8) is 0 Å². The van der Waals surface area contributed by atoms with Crippen molar-refractivity contribution >= 4 is 75.2 Å². The van der Waals surface area contributed by atoms with Crippen molar-refractivity contribution in [2.24, 2.45) is 0 Å². The molecule has 0 radical (unpaired) electrons. The van der Waals surface area contributed by atoms with Crippen LogP contribution in [0, 0.1) is 0 Å². The molecule has 0 bridgehead atoms. The van der Waals surface area contributed by atoms with Crippen LogP contribution in [-0.2, 0) is 25.9 Å². The maximum atomic E-state index is 6.33. The number of nitrogens with one attached hydrogen (secondary N) is 3. The summed E-state index contributed by atoms with van der Waals surface area (Å²) in [5.74, 6) is 2.48. The maximum absolute atomic E-state index is 6.33. The number of nitrogens with zero attached hydrogens (tertiary/aromatic N) is 9. The van der Waals surface area contributed by atoms with E-state index in [1.165, 1.54) is 54.5 Å². The molecule has 10 rings (SSSR count). The van der Waals surface area contributed by atoms with Gasteiger partial charge in [0.15, 0.2) is 0 Å². The lowest BCUT2D eigenvalue weighted by Gasteiger charge is -2.29. The summed E-state index contributed by atoms with van der Waals surface area (Å²) in [5.41, 5.74) is 6.51. The van der Waals surface area contributed by atoms with Gasteiger partial charge in [-0.2, -0.15) is 0 Å². The Morgan fingerprint density at radius 3 is 1.91 bits per heavy atom. The number of halogens is 3. The van der Waals surface area contributed by atoms with Crippen LogP contribution >= 0.6 is 57.5 Å². The van der Waals surface area contributed by atoms with Crippen LogP contribution in [-0.4, -0.2) is 65.0 Å². The molecule has 4 aliphatic rings. The van der Waals surface area contributed by atoms with Gasteiger partial charge in [0, 0.05) is 121 Å². The molecule has 6 aromatic heterocycles. The van der Waals surface area contributed by atoms with E-state index in [0.29, 0.717) is 27.3 Å². The van der Waals surface area contributed by atoms with E-state index in [1.54, 1.807) is 36.0 Å². The zero-order valence-electron chi connectivity index (χ0n) is 28.5. The highest BCUT2D eigenvalue weighted by atomic mass is 35.5. The number of hydrogen-bond donors (Lipinski definition) is 3. The number of thiazole rings is 2. The highest BCUT2D eigenvalue weighted by molar-refractivity contribution is 7.13. The predicted octanol–water partition coefficient (Wildman–Crippen LogP) is 7.99. The first kappa shape index (κ1) is 36.0. The van der Waals surface area contributed by atoms with Gasteiger partial charge < -0.3 is 20.9 Å². The molecule has 17 heteroatoms. The van der Waals surface area contributed by atoms with E-state index < -0.39 is 0 Å². The van der Waals surface area contributed by atoms with E-state index in [1.807, 2.05) is 29.2 Å². The Balaban J connectivity index is 0.000000125. The fraction of sp³-hybridized carbons (Fsp3) is 0.333. The molecule has 0 amide bonds. The zero-order chi connectivity index (χ0) is 36.1. The molecule has 0 spiro atoms. The van der Waals surface area contributed by atoms with Crippen LogP contribution in [0.5, 0.6) is 0 Å².